The van der Waals surface area contributed by atoms with E-state index in [0.29, 0.717) is 12.0 Å². The number of pyridine rings is 1. The number of ether oxygens (including phenoxy) is 1. The van der Waals surface area contributed by atoms with Gasteiger partial charge >= 0.3 is 0 Å². The van der Waals surface area contributed by atoms with Crippen LogP contribution in [0.25, 0.3) is 0 Å². The van der Waals surface area contributed by atoms with Crippen LogP contribution in [0.3, 0.4) is 0 Å². The summed E-state index contributed by atoms with van der Waals surface area (Å²) in [6, 6.07) is 1.14. The molecule has 2 rings (SSSR count). The van der Waals surface area contributed by atoms with E-state index < -0.39 is 0 Å². The first-order valence-corrected chi connectivity index (χ1v) is 7.38. The molecule has 1 fully saturated rings. The molecule has 20 heavy (non-hydrogen) atoms. The van der Waals surface area contributed by atoms with Gasteiger partial charge in [-0.1, -0.05) is 13.8 Å². The minimum atomic E-state index is -0.389. The van der Waals surface area contributed by atoms with Crippen molar-refractivity contribution in [1.29, 1.82) is 0 Å². The SMILES string of the molecule is CCOC1(C(N)c2cncc(F)c2)CCC(C)(C)CC1. The molecule has 112 valence electrons. The maximum absolute atomic E-state index is 13.4. The van der Waals surface area contributed by atoms with Crippen LogP contribution in [0.15, 0.2) is 18.5 Å². The van der Waals surface area contributed by atoms with Crippen LogP contribution >= 0.6 is 0 Å². The summed E-state index contributed by atoms with van der Waals surface area (Å²) in [5.41, 5.74) is 7.08. The first kappa shape index (κ1) is 15.4. The molecule has 0 aromatic carbocycles. The molecule has 1 aliphatic carbocycles. The van der Waals surface area contributed by atoms with Gasteiger partial charge in [-0.15, -0.1) is 0 Å². The normalized spacial score (nSPS) is 22.4. The Morgan fingerprint density at radius 2 is 1.95 bits per heavy atom. The second kappa shape index (κ2) is 5.78. The summed E-state index contributed by atoms with van der Waals surface area (Å²) in [6.07, 6.45) is 6.81. The molecule has 3 nitrogen and oxygen atoms in total. The largest absolute Gasteiger partial charge is 0.373 e. The molecule has 1 aromatic rings. The van der Waals surface area contributed by atoms with Crippen molar-refractivity contribution in [3.8, 4) is 0 Å². The number of aromatic nitrogens is 1. The first-order chi connectivity index (χ1) is 9.38. The fourth-order valence-corrected chi connectivity index (χ4v) is 3.08. The van der Waals surface area contributed by atoms with Crippen molar-refractivity contribution in [2.75, 3.05) is 6.61 Å². The van der Waals surface area contributed by atoms with Gasteiger partial charge in [-0.05, 0) is 49.7 Å². The molecule has 1 aromatic heterocycles. The van der Waals surface area contributed by atoms with E-state index in [1.165, 1.54) is 12.3 Å². The fourth-order valence-electron chi connectivity index (χ4n) is 3.08. The van der Waals surface area contributed by atoms with Crippen molar-refractivity contribution < 1.29 is 9.13 Å². The van der Waals surface area contributed by atoms with E-state index in [1.807, 2.05) is 6.92 Å². The number of halogens is 1. The molecule has 4 heteroatoms. The molecule has 0 spiro atoms. The van der Waals surface area contributed by atoms with Gasteiger partial charge < -0.3 is 10.5 Å². The summed E-state index contributed by atoms with van der Waals surface area (Å²) < 4.78 is 19.4. The Morgan fingerprint density at radius 3 is 2.50 bits per heavy atom. The topological polar surface area (TPSA) is 48.1 Å². The van der Waals surface area contributed by atoms with Crippen LogP contribution in [0.5, 0.6) is 0 Å². The predicted octanol–water partition coefficient (Wildman–Crippen LogP) is 3.60. The smallest absolute Gasteiger partial charge is 0.141 e. The third-order valence-corrected chi connectivity index (χ3v) is 4.53. The highest BCUT2D eigenvalue weighted by atomic mass is 19.1. The fraction of sp³-hybridized carbons (Fsp3) is 0.688. The van der Waals surface area contributed by atoms with E-state index in [1.54, 1.807) is 6.20 Å². The van der Waals surface area contributed by atoms with E-state index in [-0.39, 0.29) is 17.5 Å². The van der Waals surface area contributed by atoms with Crippen LogP contribution < -0.4 is 5.73 Å². The first-order valence-electron chi connectivity index (χ1n) is 7.38. The van der Waals surface area contributed by atoms with Crippen molar-refractivity contribution in [2.45, 2.75) is 58.1 Å². The maximum Gasteiger partial charge on any atom is 0.141 e. The highest BCUT2D eigenvalue weighted by Gasteiger charge is 2.44. The molecule has 0 radical (unpaired) electrons. The lowest BCUT2D eigenvalue weighted by atomic mass is 9.67. The molecule has 0 saturated heterocycles. The van der Waals surface area contributed by atoms with Crippen molar-refractivity contribution in [1.82, 2.24) is 4.98 Å². The van der Waals surface area contributed by atoms with Crippen LogP contribution in [0.1, 0.15) is 58.1 Å². The third-order valence-electron chi connectivity index (χ3n) is 4.53. The molecule has 0 aliphatic heterocycles. The number of nitrogens with zero attached hydrogens (tertiary/aromatic N) is 1. The predicted molar refractivity (Wildman–Crippen MR) is 77.7 cm³/mol. The van der Waals surface area contributed by atoms with Crippen LogP contribution in [0, 0.1) is 11.2 Å². The number of nitrogens with two attached hydrogens (primary N) is 1. The third kappa shape index (κ3) is 3.18. The molecule has 0 bridgehead atoms. The molecule has 1 saturated carbocycles. The van der Waals surface area contributed by atoms with Crippen LogP contribution in [0.2, 0.25) is 0 Å². The second-order valence-electron chi connectivity index (χ2n) is 6.58. The van der Waals surface area contributed by atoms with Gasteiger partial charge in [-0.25, -0.2) is 4.39 Å². The summed E-state index contributed by atoms with van der Waals surface area (Å²) >= 11 is 0. The van der Waals surface area contributed by atoms with Crippen LogP contribution in [-0.4, -0.2) is 17.2 Å². The van der Waals surface area contributed by atoms with E-state index in [9.17, 15) is 4.39 Å². The van der Waals surface area contributed by atoms with E-state index in [4.69, 9.17) is 10.5 Å². The van der Waals surface area contributed by atoms with Gasteiger partial charge in [0.25, 0.3) is 0 Å². The van der Waals surface area contributed by atoms with E-state index in [2.05, 4.69) is 18.8 Å². The molecular weight excluding hydrogens is 255 g/mol. The Labute approximate surface area is 120 Å². The molecule has 1 aliphatic rings. The summed E-state index contributed by atoms with van der Waals surface area (Å²) in [5, 5.41) is 0. The minimum absolute atomic E-state index is 0.332. The van der Waals surface area contributed by atoms with E-state index in [0.717, 1.165) is 31.2 Å². The Hall–Kier alpha value is -1.00. The number of hydrogen-bond acceptors (Lipinski definition) is 3. The molecule has 0 amide bonds. The highest BCUT2D eigenvalue weighted by Crippen LogP contribution is 2.46. The summed E-state index contributed by atoms with van der Waals surface area (Å²) in [5.74, 6) is -0.347. The number of rotatable bonds is 4. The van der Waals surface area contributed by atoms with Gasteiger partial charge in [0.15, 0.2) is 0 Å². The highest BCUT2D eigenvalue weighted by molar-refractivity contribution is 5.19. The molecule has 1 atom stereocenters. The van der Waals surface area contributed by atoms with Gasteiger partial charge in [0.1, 0.15) is 5.82 Å². The van der Waals surface area contributed by atoms with Crippen LogP contribution in [-0.2, 0) is 4.74 Å². The Kier molecular flexibility index (Phi) is 4.45. The number of hydrogen-bond donors (Lipinski definition) is 1. The Morgan fingerprint density at radius 1 is 1.30 bits per heavy atom. The molecule has 1 heterocycles. The van der Waals surface area contributed by atoms with Crippen molar-refractivity contribution >= 4 is 0 Å². The van der Waals surface area contributed by atoms with Crippen LogP contribution in [0.4, 0.5) is 4.39 Å². The van der Waals surface area contributed by atoms with Gasteiger partial charge in [-0.3, -0.25) is 4.98 Å². The zero-order valence-corrected chi connectivity index (χ0v) is 12.7. The van der Waals surface area contributed by atoms with Crippen molar-refractivity contribution in [2.24, 2.45) is 11.1 Å². The van der Waals surface area contributed by atoms with Gasteiger partial charge in [0.05, 0.1) is 17.8 Å². The van der Waals surface area contributed by atoms with E-state index >= 15 is 0 Å². The lowest BCUT2D eigenvalue weighted by Crippen LogP contribution is -2.48. The van der Waals surface area contributed by atoms with Gasteiger partial charge in [-0.2, -0.15) is 0 Å². The summed E-state index contributed by atoms with van der Waals surface area (Å²) in [7, 11) is 0. The molecule has 2 N–H and O–H groups in total. The Balaban J connectivity index is 2.24. The zero-order valence-electron chi connectivity index (χ0n) is 12.7. The quantitative estimate of drug-likeness (QED) is 0.916. The van der Waals surface area contributed by atoms with Gasteiger partial charge in [0, 0.05) is 12.8 Å². The minimum Gasteiger partial charge on any atom is -0.373 e. The standard InChI is InChI=1S/C16H25FN2O/c1-4-20-16(7-5-15(2,3)6-8-16)14(18)12-9-13(17)11-19-10-12/h9-11,14H,4-8,18H2,1-3H3. The second-order valence-corrected chi connectivity index (χ2v) is 6.58. The Bertz CT molecular complexity index is 452. The zero-order chi connectivity index (χ0) is 14.8. The average Bonchev–Trinajstić information content (AvgIpc) is 2.41. The average molecular weight is 280 g/mol. The molecule has 1 unspecified atom stereocenters. The summed E-state index contributed by atoms with van der Waals surface area (Å²) in [6.45, 7) is 7.16. The lowest BCUT2D eigenvalue weighted by molar-refractivity contribution is -0.100. The monoisotopic (exact) mass is 280 g/mol. The summed E-state index contributed by atoms with van der Waals surface area (Å²) in [4.78, 5) is 3.91. The lowest BCUT2D eigenvalue weighted by Gasteiger charge is -2.46. The maximum atomic E-state index is 13.4. The molecular formula is C16H25FN2O. The van der Waals surface area contributed by atoms with Crippen molar-refractivity contribution in [3.63, 3.8) is 0 Å². The van der Waals surface area contributed by atoms with Crippen molar-refractivity contribution in [3.05, 3.63) is 29.8 Å². The van der Waals surface area contributed by atoms with Gasteiger partial charge in [0.2, 0.25) is 0 Å².